The molecule has 9 heteroatoms. The van der Waals surface area contributed by atoms with Crippen LogP contribution in [0.2, 0.25) is 5.02 Å². The lowest BCUT2D eigenvalue weighted by molar-refractivity contribution is -0.121. The van der Waals surface area contributed by atoms with Crippen LogP contribution in [0.25, 0.3) is 17.0 Å². The number of anilines is 1. The Balaban J connectivity index is 1.55. The van der Waals surface area contributed by atoms with Crippen molar-refractivity contribution in [2.75, 3.05) is 4.90 Å². The number of hydrogen-bond donors (Lipinski definition) is 2. The number of aromatic nitrogens is 4. The van der Waals surface area contributed by atoms with Crippen molar-refractivity contribution in [2.24, 2.45) is 0 Å². The number of benzene rings is 2. The monoisotopic (exact) mass is 435 g/mol. The van der Waals surface area contributed by atoms with Gasteiger partial charge in [-0.05, 0) is 43.7 Å². The molecule has 0 spiro atoms. The number of halogens is 1. The fraction of sp³-hybridized carbons (Fsp3) is 0.182. The summed E-state index contributed by atoms with van der Waals surface area (Å²) in [5, 5.41) is 3.45. The molecule has 2 N–H and O–H groups in total. The number of nitrogens with one attached hydrogen (secondary N) is 2. The van der Waals surface area contributed by atoms with E-state index in [1.165, 1.54) is 4.68 Å². The van der Waals surface area contributed by atoms with Crippen LogP contribution in [0.1, 0.15) is 29.2 Å². The van der Waals surface area contributed by atoms with Gasteiger partial charge in [-0.2, -0.15) is 4.68 Å². The number of carbonyl (C=O) groups is 2. The minimum Gasteiger partial charge on any atom is -0.322 e. The molecular weight excluding hydrogens is 418 g/mol. The average molecular weight is 436 g/mol. The molecule has 31 heavy (non-hydrogen) atoms. The molecule has 8 nitrogen and oxygen atoms in total. The molecule has 5 rings (SSSR count). The molecule has 0 unspecified atom stereocenters. The maximum absolute atomic E-state index is 13.2. The molecule has 2 aromatic heterocycles. The second kappa shape index (κ2) is 6.95. The molecule has 2 aromatic carbocycles. The highest BCUT2D eigenvalue weighted by molar-refractivity contribution is 6.32. The lowest BCUT2D eigenvalue weighted by Crippen LogP contribution is -2.31. The zero-order valence-corrected chi connectivity index (χ0v) is 17.5. The van der Waals surface area contributed by atoms with Crippen LogP contribution >= 0.6 is 11.6 Å². The first kappa shape index (κ1) is 19.3. The van der Waals surface area contributed by atoms with Gasteiger partial charge in [0.2, 0.25) is 17.8 Å². The quantitative estimate of drug-likeness (QED) is 0.481. The second-order valence-electron chi connectivity index (χ2n) is 7.63. The molecular formula is C22H18ClN5O3. The van der Waals surface area contributed by atoms with E-state index in [-0.39, 0.29) is 17.9 Å². The summed E-state index contributed by atoms with van der Waals surface area (Å²) in [5.41, 5.74) is 3.11. The Morgan fingerprint density at radius 1 is 1.10 bits per heavy atom. The van der Waals surface area contributed by atoms with Gasteiger partial charge in [0.05, 0.1) is 28.2 Å². The van der Waals surface area contributed by atoms with Crippen molar-refractivity contribution < 1.29 is 9.59 Å². The Morgan fingerprint density at radius 2 is 1.87 bits per heavy atom. The molecule has 1 aliphatic rings. The van der Waals surface area contributed by atoms with Gasteiger partial charge in [0, 0.05) is 17.1 Å². The maximum atomic E-state index is 13.2. The van der Waals surface area contributed by atoms with Crippen LogP contribution in [0.4, 0.5) is 5.69 Å². The first-order valence-corrected chi connectivity index (χ1v) is 10.1. The molecule has 0 saturated carbocycles. The summed E-state index contributed by atoms with van der Waals surface area (Å²) in [5.74, 6) is -1.37. The second-order valence-corrected chi connectivity index (χ2v) is 8.03. The summed E-state index contributed by atoms with van der Waals surface area (Å²) in [6.07, 6.45) is -0.0849. The van der Waals surface area contributed by atoms with Gasteiger partial charge < -0.3 is 4.98 Å². The van der Waals surface area contributed by atoms with Crippen LogP contribution in [0.3, 0.4) is 0 Å². The smallest absolute Gasteiger partial charge is 0.278 e. The molecule has 4 aromatic rings. The van der Waals surface area contributed by atoms with E-state index in [1.807, 2.05) is 31.2 Å². The van der Waals surface area contributed by atoms with E-state index < -0.39 is 17.4 Å². The topological polar surface area (TPSA) is 104 Å². The van der Waals surface area contributed by atoms with E-state index in [0.29, 0.717) is 27.9 Å². The third kappa shape index (κ3) is 2.98. The molecule has 1 saturated heterocycles. The Kier molecular flexibility index (Phi) is 4.33. The molecule has 3 heterocycles. The molecule has 0 aliphatic carbocycles. The van der Waals surface area contributed by atoms with Crippen molar-refractivity contribution in [1.29, 1.82) is 0 Å². The molecule has 156 valence electrons. The van der Waals surface area contributed by atoms with Crippen molar-refractivity contribution in [3.63, 3.8) is 0 Å². The van der Waals surface area contributed by atoms with E-state index in [9.17, 15) is 14.4 Å². The van der Waals surface area contributed by atoms with Crippen LogP contribution in [0, 0.1) is 13.8 Å². The van der Waals surface area contributed by atoms with Gasteiger partial charge in [-0.25, -0.2) is 9.88 Å². The number of para-hydroxylation sites is 2. The maximum Gasteiger partial charge on any atom is 0.278 e. The van der Waals surface area contributed by atoms with Crippen LogP contribution < -0.4 is 10.5 Å². The van der Waals surface area contributed by atoms with Gasteiger partial charge in [-0.1, -0.05) is 29.8 Å². The van der Waals surface area contributed by atoms with Crippen LogP contribution in [0.5, 0.6) is 0 Å². The normalized spacial score (nSPS) is 16.6. The number of fused-ring (bicyclic) bond motifs is 1. The predicted molar refractivity (Wildman–Crippen MR) is 117 cm³/mol. The summed E-state index contributed by atoms with van der Waals surface area (Å²) < 4.78 is 1.27. The highest BCUT2D eigenvalue weighted by Crippen LogP contribution is 2.34. The summed E-state index contributed by atoms with van der Waals surface area (Å²) in [6.45, 7) is 3.55. The average Bonchev–Trinajstić information content (AvgIpc) is 3.37. The van der Waals surface area contributed by atoms with Gasteiger partial charge in [-0.3, -0.25) is 19.5 Å². The first-order valence-electron chi connectivity index (χ1n) is 9.74. The molecule has 2 amide bonds. The molecule has 1 aliphatic heterocycles. The number of hydrogen-bond acceptors (Lipinski definition) is 4. The van der Waals surface area contributed by atoms with Crippen molar-refractivity contribution in [2.45, 2.75) is 26.2 Å². The summed E-state index contributed by atoms with van der Waals surface area (Å²) in [6, 6.07) is 12.4. The van der Waals surface area contributed by atoms with Gasteiger partial charge in [0.15, 0.2) is 0 Å². The summed E-state index contributed by atoms with van der Waals surface area (Å²) >= 11 is 6.18. The zero-order valence-electron chi connectivity index (χ0n) is 16.8. The minimum absolute atomic E-state index is 0.0849. The fourth-order valence-corrected chi connectivity index (χ4v) is 4.19. The van der Waals surface area contributed by atoms with Crippen LogP contribution in [-0.4, -0.2) is 31.6 Å². The Bertz CT molecular complexity index is 1400. The number of aryl methyl sites for hydroxylation is 2. The number of carbonyl (C=O) groups excluding carboxylic acids is 2. The van der Waals surface area contributed by atoms with Crippen molar-refractivity contribution >= 4 is 40.1 Å². The van der Waals surface area contributed by atoms with E-state index >= 15 is 0 Å². The fourth-order valence-electron chi connectivity index (χ4n) is 4.01. The van der Waals surface area contributed by atoms with E-state index in [4.69, 9.17) is 11.6 Å². The highest BCUT2D eigenvalue weighted by atomic mass is 35.5. The van der Waals surface area contributed by atoms with Gasteiger partial charge in [-0.15, -0.1) is 0 Å². The van der Waals surface area contributed by atoms with Gasteiger partial charge >= 0.3 is 0 Å². The third-order valence-corrected chi connectivity index (χ3v) is 6.02. The van der Waals surface area contributed by atoms with Crippen LogP contribution in [-0.2, 0) is 9.59 Å². The number of rotatable bonds is 3. The molecule has 1 atom stereocenters. The lowest BCUT2D eigenvalue weighted by Gasteiger charge is -2.15. The Hall–Kier alpha value is -3.65. The zero-order chi connectivity index (χ0) is 21.9. The summed E-state index contributed by atoms with van der Waals surface area (Å²) in [7, 11) is 0. The number of imide groups is 1. The first-order chi connectivity index (χ1) is 14.8. The number of nitrogens with zero attached hydrogens (tertiary/aromatic N) is 3. The number of amides is 2. The summed E-state index contributed by atoms with van der Waals surface area (Å²) in [4.78, 5) is 47.7. The standard InChI is InChI=1S/C22H18ClN5O3/c1-11-7-8-13(9-15(11)23)27-18(29)10-14(20(27)30)19-12(2)26-28(21(19)31)22-24-16-5-3-4-6-17(16)25-22/h3-9,14,26H,10H2,1-2H3,(H,24,25)/t14-/m0/s1. The Labute approximate surface area is 181 Å². The van der Waals surface area contributed by atoms with Crippen LogP contribution in [0.15, 0.2) is 47.3 Å². The molecule has 0 radical (unpaired) electrons. The van der Waals surface area contributed by atoms with Gasteiger partial charge in [0.1, 0.15) is 0 Å². The minimum atomic E-state index is -0.873. The SMILES string of the molecule is Cc1ccc(N2C(=O)C[C@@H](c3c(C)[nH]n(-c4nc5ccccc5[nH]4)c3=O)C2=O)cc1Cl. The van der Waals surface area contributed by atoms with Crippen molar-refractivity contribution in [3.8, 4) is 5.95 Å². The number of imidazole rings is 1. The predicted octanol–water partition coefficient (Wildman–Crippen LogP) is 3.36. The van der Waals surface area contributed by atoms with E-state index in [1.54, 1.807) is 25.1 Å². The van der Waals surface area contributed by atoms with Crippen molar-refractivity contribution in [1.82, 2.24) is 19.7 Å². The van der Waals surface area contributed by atoms with E-state index in [2.05, 4.69) is 15.1 Å². The van der Waals surface area contributed by atoms with Gasteiger partial charge in [0.25, 0.3) is 5.56 Å². The number of H-pyrrole nitrogens is 2. The Morgan fingerprint density at radius 3 is 2.61 bits per heavy atom. The highest BCUT2D eigenvalue weighted by Gasteiger charge is 2.43. The molecule has 1 fully saturated rings. The largest absolute Gasteiger partial charge is 0.322 e. The number of aromatic amines is 2. The van der Waals surface area contributed by atoms with Crippen molar-refractivity contribution in [3.05, 3.63) is 74.7 Å². The molecule has 0 bridgehead atoms. The van der Waals surface area contributed by atoms with E-state index in [0.717, 1.165) is 16.0 Å². The lowest BCUT2D eigenvalue weighted by atomic mass is 9.98. The third-order valence-electron chi connectivity index (χ3n) is 5.61.